The average Bonchev–Trinajstić information content (AvgIpc) is 3.01. The molecule has 0 amide bonds. The van der Waals surface area contributed by atoms with Crippen LogP contribution in [0.25, 0.3) is 0 Å². The third-order valence-electron chi connectivity index (χ3n) is 7.47. The van der Waals surface area contributed by atoms with Crippen LogP contribution >= 0.6 is 35.6 Å². The smallest absolute Gasteiger partial charge is 0.337 e. The summed E-state index contributed by atoms with van der Waals surface area (Å²) in [6, 6.07) is 18.9. The molecule has 0 saturated carbocycles. The van der Waals surface area contributed by atoms with Crippen molar-refractivity contribution in [1.29, 1.82) is 0 Å². The molecular formula is C33H34Cl3N3O7. The lowest BCUT2D eigenvalue weighted by molar-refractivity contribution is -0.384. The summed E-state index contributed by atoms with van der Waals surface area (Å²) in [6.45, 7) is 4.11. The van der Waals surface area contributed by atoms with E-state index in [1.807, 2.05) is 42.3 Å². The largest absolute Gasteiger partial charge is 0.495 e. The molecule has 2 unspecified atom stereocenters. The van der Waals surface area contributed by atoms with Crippen LogP contribution in [0.1, 0.15) is 42.6 Å². The van der Waals surface area contributed by atoms with Crippen molar-refractivity contribution in [3.05, 3.63) is 126 Å². The number of hydrogen-bond acceptors (Lipinski definition) is 9. The quantitative estimate of drug-likeness (QED) is 0.127. The van der Waals surface area contributed by atoms with E-state index in [-0.39, 0.29) is 45.8 Å². The SMILES string of the molecule is COC(=O)C1=C(C)NC(C)=C(C(=O)OC(CN(C)Cc2ccccc2)c2ccc(OC)c(Cl)c2Cl)C1c1cccc([N+](=O)[O-])c1.Cl. The molecule has 1 N–H and O–H groups in total. The number of carbonyl (C=O) groups excluding carboxylic acids is 2. The summed E-state index contributed by atoms with van der Waals surface area (Å²) in [6.07, 6.45) is -0.915. The number of halogens is 3. The normalized spacial score (nSPS) is 15.1. The Balaban J connectivity index is 0.00000576. The fourth-order valence-electron chi connectivity index (χ4n) is 5.38. The van der Waals surface area contributed by atoms with E-state index in [9.17, 15) is 19.7 Å². The molecule has 0 fully saturated rings. The first kappa shape index (κ1) is 36.4. The molecule has 244 valence electrons. The van der Waals surface area contributed by atoms with Crippen molar-refractivity contribution in [2.45, 2.75) is 32.4 Å². The molecule has 4 rings (SSSR count). The van der Waals surface area contributed by atoms with Gasteiger partial charge in [-0.2, -0.15) is 0 Å². The van der Waals surface area contributed by atoms with Gasteiger partial charge in [0.1, 0.15) is 16.9 Å². The monoisotopic (exact) mass is 689 g/mol. The Kier molecular flexibility index (Phi) is 12.6. The first-order chi connectivity index (χ1) is 21.5. The van der Waals surface area contributed by atoms with Crippen molar-refractivity contribution in [3.8, 4) is 5.75 Å². The lowest BCUT2D eigenvalue weighted by Gasteiger charge is -2.32. The molecule has 1 aliphatic heterocycles. The van der Waals surface area contributed by atoms with Gasteiger partial charge in [-0.05, 0) is 44.2 Å². The number of methoxy groups -OCH3 is 2. The highest BCUT2D eigenvalue weighted by atomic mass is 35.5. The van der Waals surface area contributed by atoms with E-state index < -0.39 is 28.9 Å². The Morgan fingerprint density at radius 3 is 2.22 bits per heavy atom. The third-order valence-corrected chi connectivity index (χ3v) is 8.34. The first-order valence-corrected chi connectivity index (χ1v) is 14.7. The maximum atomic E-state index is 14.3. The van der Waals surface area contributed by atoms with Crippen LogP contribution < -0.4 is 10.1 Å². The predicted octanol–water partition coefficient (Wildman–Crippen LogP) is 7.16. The van der Waals surface area contributed by atoms with Crippen molar-refractivity contribution in [3.63, 3.8) is 0 Å². The number of nitrogens with one attached hydrogen (secondary N) is 1. The molecule has 0 spiro atoms. The van der Waals surface area contributed by atoms with Gasteiger partial charge in [-0.1, -0.05) is 65.7 Å². The fourth-order valence-corrected chi connectivity index (χ4v) is 5.91. The highest BCUT2D eigenvalue weighted by molar-refractivity contribution is 6.43. The van der Waals surface area contributed by atoms with E-state index in [0.717, 1.165) is 5.56 Å². The van der Waals surface area contributed by atoms with E-state index in [4.69, 9.17) is 37.4 Å². The van der Waals surface area contributed by atoms with Crippen LogP contribution in [0, 0.1) is 10.1 Å². The van der Waals surface area contributed by atoms with Gasteiger partial charge in [-0.25, -0.2) is 9.59 Å². The van der Waals surface area contributed by atoms with E-state index in [1.54, 1.807) is 32.0 Å². The molecule has 0 aliphatic carbocycles. The van der Waals surface area contributed by atoms with Gasteiger partial charge in [0.05, 0.1) is 41.2 Å². The van der Waals surface area contributed by atoms with E-state index >= 15 is 0 Å². The summed E-state index contributed by atoms with van der Waals surface area (Å²) in [7, 11) is 4.58. The maximum absolute atomic E-state index is 14.3. The first-order valence-electron chi connectivity index (χ1n) is 13.9. The summed E-state index contributed by atoms with van der Waals surface area (Å²) in [4.78, 5) is 40.4. The number of rotatable bonds is 11. The zero-order chi connectivity index (χ0) is 32.8. The maximum Gasteiger partial charge on any atom is 0.337 e. The molecule has 46 heavy (non-hydrogen) atoms. The second-order valence-corrected chi connectivity index (χ2v) is 11.3. The zero-order valence-electron chi connectivity index (χ0n) is 25.8. The van der Waals surface area contributed by atoms with Crippen molar-refractivity contribution in [2.24, 2.45) is 0 Å². The van der Waals surface area contributed by atoms with Crippen molar-refractivity contribution >= 4 is 53.2 Å². The minimum Gasteiger partial charge on any atom is -0.495 e. The molecule has 10 nitrogen and oxygen atoms in total. The summed E-state index contributed by atoms with van der Waals surface area (Å²) in [5.41, 5.74) is 2.72. The Hall–Kier alpha value is -4.09. The molecule has 13 heteroatoms. The number of dihydropyridines is 1. The Morgan fingerprint density at radius 1 is 0.957 bits per heavy atom. The van der Waals surface area contributed by atoms with Crippen LogP contribution in [-0.2, 0) is 25.6 Å². The third kappa shape index (κ3) is 8.00. The molecule has 3 aromatic rings. The number of benzene rings is 3. The van der Waals surface area contributed by atoms with Gasteiger partial charge in [0.15, 0.2) is 0 Å². The standard InChI is InChI=1S/C33H33Cl2N3O7.ClH/c1-19-27(32(39)44-5)29(22-12-9-13-23(16-22)38(41)42)28(20(2)36-19)33(40)45-26(18-37(3)17-21-10-7-6-8-11-21)24-14-15-25(43-4)31(35)30(24)34;/h6-16,26,29,36H,17-18H2,1-5H3;1H. The van der Waals surface area contributed by atoms with Crippen LogP contribution in [0.15, 0.2) is 89.3 Å². The highest BCUT2D eigenvalue weighted by Crippen LogP contribution is 2.42. The number of esters is 2. The van der Waals surface area contributed by atoms with Crippen molar-refractivity contribution < 1.29 is 28.7 Å². The van der Waals surface area contributed by atoms with E-state index in [0.29, 0.717) is 34.8 Å². The number of hydrogen-bond donors (Lipinski definition) is 1. The molecule has 0 saturated heterocycles. The summed E-state index contributed by atoms with van der Waals surface area (Å²) < 4.78 is 16.6. The van der Waals surface area contributed by atoms with Gasteiger partial charge >= 0.3 is 11.9 Å². The number of nitrogens with zero attached hydrogens (tertiary/aromatic N) is 2. The Morgan fingerprint density at radius 2 is 1.61 bits per heavy atom. The molecule has 3 aromatic carbocycles. The minimum absolute atomic E-state index is 0. The molecule has 0 radical (unpaired) electrons. The zero-order valence-corrected chi connectivity index (χ0v) is 28.2. The Labute approximate surface area is 283 Å². The van der Waals surface area contributed by atoms with Crippen molar-refractivity contribution in [1.82, 2.24) is 10.2 Å². The number of carbonyl (C=O) groups is 2. The molecule has 2 atom stereocenters. The lowest BCUT2D eigenvalue weighted by atomic mass is 9.80. The minimum atomic E-state index is -1.02. The number of nitro groups is 1. The molecule has 0 aromatic heterocycles. The second kappa shape index (κ2) is 16.0. The van der Waals surface area contributed by atoms with Crippen LogP contribution in [-0.4, -0.2) is 49.6 Å². The molecule has 0 bridgehead atoms. The lowest BCUT2D eigenvalue weighted by Crippen LogP contribution is -2.34. The number of non-ortho nitro benzene ring substituents is 1. The van der Waals surface area contributed by atoms with E-state index in [2.05, 4.69) is 5.32 Å². The van der Waals surface area contributed by atoms with Gasteiger partial charge in [0.2, 0.25) is 0 Å². The highest BCUT2D eigenvalue weighted by Gasteiger charge is 2.39. The van der Waals surface area contributed by atoms with Gasteiger partial charge in [0.25, 0.3) is 5.69 Å². The average molecular weight is 691 g/mol. The topological polar surface area (TPSA) is 120 Å². The number of ether oxygens (including phenoxy) is 3. The van der Waals surface area contributed by atoms with Crippen LogP contribution in [0.3, 0.4) is 0 Å². The fraction of sp³-hybridized carbons (Fsp3) is 0.273. The van der Waals surface area contributed by atoms with Gasteiger partial charge in [-0.3, -0.25) is 15.0 Å². The van der Waals surface area contributed by atoms with Crippen LogP contribution in [0.4, 0.5) is 5.69 Å². The molecular weight excluding hydrogens is 657 g/mol. The molecule has 1 aliphatic rings. The van der Waals surface area contributed by atoms with Crippen molar-refractivity contribution in [2.75, 3.05) is 27.8 Å². The summed E-state index contributed by atoms with van der Waals surface area (Å²) in [5, 5.41) is 15.1. The van der Waals surface area contributed by atoms with E-state index in [1.165, 1.54) is 32.4 Å². The number of allylic oxidation sites excluding steroid dienone is 2. The van der Waals surface area contributed by atoms with Gasteiger partial charge < -0.3 is 19.5 Å². The van der Waals surface area contributed by atoms with Crippen LogP contribution in [0.5, 0.6) is 5.75 Å². The number of likely N-dealkylation sites (N-methyl/N-ethyl adjacent to an activating group) is 1. The predicted molar refractivity (Wildman–Crippen MR) is 178 cm³/mol. The van der Waals surface area contributed by atoms with Gasteiger partial charge in [-0.15, -0.1) is 12.4 Å². The summed E-state index contributed by atoms with van der Waals surface area (Å²) >= 11 is 13.2. The van der Waals surface area contributed by atoms with Gasteiger partial charge in [0, 0.05) is 42.2 Å². The number of nitro benzene ring substituents is 1. The second-order valence-electron chi connectivity index (χ2n) is 10.5. The summed E-state index contributed by atoms with van der Waals surface area (Å²) in [5.74, 6) is -2.12. The Bertz CT molecular complexity index is 1680. The molecule has 1 heterocycles. The van der Waals surface area contributed by atoms with Crippen LogP contribution in [0.2, 0.25) is 10.0 Å².